The summed E-state index contributed by atoms with van der Waals surface area (Å²) >= 11 is 11.4. The lowest BCUT2D eigenvalue weighted by Gasteiger charge is -2.15. The van der Waals surface area contributed by atoms with E-state index in [0.717, 1.165) is 0 Å². The second kappa shape index (κ2) is 8.78. The highest BCUT2D eigenvalue weighted by Gasteiger charge is 2.32. The molecule has 0 aliphatic heterocycles. The van der Waals surface area contributed by atoms with Crippen LogP contribution >= 0.6 is 23.2 Å². The number of ether oxygens (including phenoxy) is 1. The Labute approximate surface area is 164 Å². The molecule has 1 heterocycles. The van der Waals surface area contributed by atoms with Crippen molar-refractivity contribution < 1.29 is 31.5 Å². The Morgan fingerprint density at radius 1 is 1.21 bits per heavy atom. The van der Waals surface area contributed by atoms with Gasteiger partial charge < -0.3 is 14.6 Å². The minimum Gasteiger partial charge on any atom is -0.484 e. The molecule has 2 rings (SSSR count). The van der Waals surface area contributed by atoms with E-state index in [1.165, 1.54) is 18.2 Å². The molecule has 1 aromatic heterocycles. The molecule has 0 unspecified atom stereocenters. The smallest absolute Gasteiger partial charge is 0.417 e. The standard InChI is InChI=1S/C16H11Cl2F5N2O3/c17-9-2-1-3-11(14(9)28-7-12(19)20)24-13(26)6-25-5-8(16(21,22)23)4-10(18)15(25)27/h1-5,12H,6-7H2,(H,24,26). The van der Waals surface area contributed by atoms with E-state index in [-0.39, 0.29) is 16.5 Å². The zero-order valence-corrected chi connectivity index (χ0v) is 15.2. The monoisotopic (exact) mass is 444 g/mol. The van der Waals surface area contributed by atoms with E-state index >= 15 is 0 Å². The topological polar surface area (TPSA) is 60.3 Å². The lowest BCUT2D eigenvalue weighted by atomic mass is 10.2. The van der Waals surface area contributed by atoms with Crippen LogP contribution in [0.5, 0.6) is 5.75 Å². The second-order valence-corrected chi connectivity index (χ2v) is 6.19. The zero-order valence-electron chi connectivity index (χ0n) is 13.7. The van der Waals surface area contributed by atoms with Crippen molar-refractivity contribution in [2.75, 3.05) is 11.9 Å². The van der Waals surface area contributed by atoms with Gasteiger partial charge in [0, 0.05) is 6.20 Å². The number of hydrogen-bond donors (Lipinski definition) is 1. The number of nitrogens with one attached hydrogen (secondary N) is 1. The zero-order chi connectivity index (χ0) is 21.1. The number of amides is 1. The number of carbonyl (C=O) groups excluding carboxylic acids is 1. The summed E-state index contributed by atoms with van der Waals surface area (Å²) in [5, 5.41) is 1.46. The minimum atomic E-state index is -4.78. The molecule has 1 N–H and O–H groups in total. The maximum absolute atomic E-state index is 12.8. The van der Waals surface area contributed by atoms with Crippen molar-refractivity contribution in [2.24, 2.45) is 0 Å². The number of halogens is 7. The molecule has 0 bridgehead atoms. The van der Waals surface area contributed by atoms with Gasteiger partial charge in [-0.2, -0.15) is 13.2 Å². The van der Waals surface area contributed by atoms with Crippen molar-refractivity contribution in [3.63, 3.8) is 0 Å². The summed E-state index contributed by atoms with van der Waals surface area (Å²) in [4.78, 5) is 24.1. The molecule has 1 aromatic carbocycles. The molecule has 28 heavy (non-hydrogen) atoms. The quantitative estimate of drug-likeness (QED) is 0.669. The molecule has 0 aliphatic carbocycles. The van der Waals surface area contributed by atoms with E-state index in [4.69, 9.17) is 27.9 Å². The van der Waals surface area contributed by atoms with Gasteiger partial charge in [-0.25, -0.2) is 8.78 Å². The number of carbonyl (C=O) groups is 1. The molecular formula is C16H11Cl2F5N2O3. The van der Waals surface area contributed by atoms with Gasteiger partial charge in [0.15, 0.2) is 5.75 Å². The Kier molecular flexibility index (Phi) is 6.89. The molecule has 0 radical (unpaired) electrons. The van der Waals surface area contributed by atoms with Crippen LogP contribution < -0.4 is 15.6 Å². The minimum absolute atomic E-state index is 0.0715. The van der Waals surface area contributed by atoms with E-state index in [0.29, 0.717) is 16.8 Å². The predicted octanol–water partition coefficient (Wildman–Crippen LogP) is 4.46. The van der Waals surface area contributed by atoms with Gasteiger partial charge in [-0.3, -0.25) is 9.59 Å². The predicted molar refractivity (Wildman–Crippen MR) is 92.3 cm³/mol. The van der Waals surface area contributed by atoms with Crippen LogP contribution in [0.2, 0.25) is 10.0 Å². The number of anilines is 1. The molecule has 12 heteroatoms. The number of alkyl halides is 5. The van der Waals surface area contributed by atoms with E-state index in [9.17, 15) is 31.5 Å². The highest BCUT2D eigenvalue weighted by atomic mass is 35.5. The fourth-order valence-corrected chi connectivity index (χ4v) is 2.57. The first-order valence-corrected chi connectivity index (χ1v) is 8.21. The average Bonchev–Trinajstić information content (AvgIpc) is 2.57. The van der Waals surface area contributed by atoms with Crippen molar-refractivity contribution in [3.05, 3.63) is 56.4 Å². The number of pyridine rings is 1. The molecule has 5 nitrogen and oxygen atoms in total. The highest BCUT2D eigenvalue weighted by molar-refractivity contribution is 6.32. The Bertz CT molecular complexity index is 931. The van der Waals surface area contributed by atoms with Gasteiger partial charge in [0.2, 0.25) is 5.91 Å². The normalized spacial score (nSPS) is 11.6. The van der Waals surface area contributed by atoms with Crippen LogP contribution in [0.3, 0.4) is 0 Å². The lowest BCUT2D eigenvalue weighted by molar-refractivity contribution is -0.138. The van der Waals surface area contributed by atoms with Crippen molar-refractivity contribution >= 4 is 34.8 Å². The van der Waals surface area contributed by atoms with Crippen LogP contribution in [0, 0.1) is 0 Å². The highest BCUT2D eigenvalue weighted by Crippen LogP contribution is 2.33. The summed E-state index contributed by atoms with van der Waals surface area (Å²) in [6, 6.07) is 4.45. The molecule has 2 aromatic rings. The van der Waals surface area contributed by atoms with Gasteiger partial charge in [-0.1, -0.05) is 29.3 Å². The summed E-state index contributed by atoms with van der Waals surface area (Å²) in [5.74, 6) is -1.17. The van der Waals surface area contributed by atoms with Gasteiger partial charge in [-0.15, -0.1) is 0 Å². The van der Waals surface area contributed by atoms with E-state index in [2.05, 4.69) is 5.32 Å². The third-order valence-electron chi connectivity index (χ3n) is 3.28. The van der Waals surface area contributed by atoms with Gasteiger partial charge in [0.1, 0.15) is 18.2 Å². The Morgan fingerprint density at radius 3 is 2.50 bits per heavy atom. The van der Waals surface area contributed by atoms with Crippen LogP contribution in [-0.4, -0.2) is 23.5 Å². The molecule has 0 aliphatic rings. The summed E-state index contributed by atoms with van der Waals surface area (Å²) in [6.45, 7) is -1.81. The van der Waals surface area contributed by atoms with Crippen LogP contribution in [0.4, 0.5) is 27.6 Å². The molecular weight excluding hydrogens is 434 g/mol. The number of hydrogen-bond acceptors (Lipinski definition) is 3. The van der Waals surface area contributed by atoms with Crippen LogP contribution in [0.25, 0.3) is 0 Å². The molecule has 0 saturated heterocycles. The number of aromatic nitrogens is 1. The number of benzene rings is 1. The molecule has 0 spiro atoms. The van der Waals surface area contributed by atoms with Gasteiger partial charge >= 0.3 is 6.18 Å². The maximum Gasteiger partial charge on any atom is 0.417 e. The largest absolute Gasteiger partial charge is 0.484 e. The molecule has 152 valence electrons. The molecule has 0 atom stereocenters. The number of para-hydroxylation sites is 1. The van der Waals surface area contributed by atoms with Crippen LogP contribution in [0.15, 0.2) is 35.3 Å². The Balaban J connectivity index is 2.25. The third-order valence-corrected chi connectivity index (χ3v) is 3.85. The first-order chi connectivity index (χ1) is 13.0. The average molecular weight is 445 g/mol. The van der Waals surface area contributed by atoms with Crippen LogP contribution in [0.1, 0.15) is 5.56 Å². The third kappa shape index (κ3) is 5.59. The first kappa shape index (κ1) is 22.0. The fourth-order valence-electron chi connectivity index (χ4n) is 2.12. The summed E-state index contributed by atoms with van der Waals surface area (Å²) in [7, 11) is 0. The summed E-state index contributed by atoms with van der Waals surface area (Å²) in [5.41, 5.74) is -2.32. The van der Waals surface area contributed by atoms with E-state index < -0.39 is 47.8 Å². The Hall–Kier alpha value is -2.33. The lowest BCUT2D eigenvalue weighted by Crippen LogP contribution is -2.29. The number of rotatable bonds is 6. The van der Waals surface area contributed by atoms with Crippen molar-refractivity contribution in [3.8, 4) is 5.75 Å². The molecule has 1 amide bonds. The Morgan fingerprint density at radius 2 is 1.89 bits per heavy atom. The first-order valence-electron chi connectivity index (χ1n) is 7.45. The van der Waals surface area contributed by atoms with Gasteiger partial charge in [0.05, 0.1) is 16.3 Å². The molecule has 0 saturated carbocycles. The van der Waals surface area contributed by atoms with Crippen molar-refractivity contribution in [2.45, 2.75) is 19.1 Å². The van der Waals surface area contributed by atoms with Crippen molar-refractivity contribution in [1.82, 2.24) is 4.57 Å². The number of nitrogens with zero attached hydrogens (tertiary/aromatic N) is 1. The fraction of sp³-hybridized carbons (Fsp3) is 0.250. The van der Waals surface area contributed by atoms with Crippen LogP contribution in [-0.2, 0) is 17.5 Å². The maximum atomic E-state index is 12.8. The summed E-state index contributed by atoms with van der Waals surface area (Å²) in [6.07, 6.45) is -7.13. The van der Waals surface area contributed by atoms with E-state index in [1.807, 2.05) is 0 Å². The summed E-state index contributed by atoms with van der Waals surface area (Å²) < 4.78 is 68.6. The van der Waals surface area contributed by atoms with Crippen molar-refractivity contribution in [1.29, 1.82) is 0 Å². The van der Waals surface area contributed by atoms with E-state index in [1.54, 1.807) is 0 Å². The molecule has 0 fully saturated rings. The van der Waals surface area contributed by atoms with Gasteiger partial charge in [-0.05, 0) is 18.2 Å². The van der Waals surface area contributed by atoms with Gasteiger partial charge in [0.25, 0.3) is 12.0 Å². The SMILES string of the molecule is O=C(Cn1cc(C(F)(F)F)cc(Cl)c1=O)Nc1cccc(Cl)c1OCC(F)F. The second-order valence-electron chi connectivity index (χ2n) is 5.37.